The summed E-state index contributed by atoms with van der Waals surface area (Å²) in [5, 5.41) is 14.4. The lowest BCUT2D eigenvalue weighted by Crippen LogP contribution is -2.47. The normalized spacial score (nSPS) is 17.6. The highest BCUT2D eigenvalue weighted by Crippen LogP contribution is 2.44. The topological polar surface area (TPSA) is 113 Å². The van der Waals surface area contributed by atoms with Crippen LogP contribution in [0, 0.1) is 18.3 Å². The summed E-state index contributed by atoms with van der Waals surface area (Å²) in [7, 11) is 0. The molecule has 8 rings (SSSR count). The van der Waals surface area contributed by atoms with Crippen molar-refractivity contribution in [3.63, 3.8) is 0 Å². The molecule has 0 spiro atoms. The van der Waals surface area contributed by atoms with Crippen LogP contribution >= 0.6 is 0 Å². The molecule has 0 bridgehead atoms. The lowest BCUT2D eigenvalue weighted by Gasteiger charge is -2.39. The van der Waals surface area contributed by atoms with E-state index in [0.29, 0.717) is 40.2 Å². The van der Waals surface area contributed by atoms with Crippen LogP contribution in [0.3, 0.4) is 0 Å². The molecule has 0 saturated heterocycles. The predicted molar refractivity (Wildman–Crippen MR) is 165 cm³/mol. The Hall–Kier alpha value is -4.48. The van der Waals surface area contributed by atoms with E-state index in [1.807, 2.05) is 37.4 Å². The van der Waals surface area contributed by atoms with Gasteiger partial charge in [0.1, 0.15) is 22.8 Å². The number of benzene rings is 1. The number of aryl methyl sites for hydroxylation is 1. The zero-order chi connectivity index (χ0) is 29.3. The number of rotatable bonds is 8. The zero-order valence-electron chi connectivity index (χ0n) is 24.5. The van der Waals surface area contributed by atoms with E-state index in [1.54, 1.807) is 4.57 Å². The monoisotopic (exact) mass is 570 g/mol. The lowest BCUT2D eigenvalue weighted by molar-refractivity contribution is 0.206. The molecule has 4 aromatic heterocycles. The molecule has 0 amide bonds. The number of H-pyrrole nitrogens is 1. The Kier molecular flexibility index (Phi) is 5.95. The molecule has 8 nitrogen and oxygen atoms in total. The molecule has 5 aromatic rings. The van der Waals surface area contributed by atoms with E-state index in [2.05, 4.69) is 40.4 Å². The van der Waals surface area contributed by atoms with Crippen LogP contribution in [0.15, 0.2) is 58.2 Å². The predicted octanol–water partition coefficient (Wildman–Crippen LogP) is 7.00. The summed E-state index contributed by atoms with van der Waals surface area (Å²) < 4.78 is 7.28. The van der Waals surface area contributed by atoms with Crippen LogP contribution in [-0.4, -0.2) is 25.1 Å². The first-order valence-electron chi connectivity index (χ1n) is 15.4. The fourth-order valence-electron chi connectivity index (χ4n) is 6.50. The average molecular weight is 571 g/mol. The van der Waals surface area contributed by atoms with Crippen LogP contribution in [0.2, 0.25) is 0 Å². The molecule has 3 fully saturated rings. The molecule has 4 heterocycles. The van der Waals surface area contributed by atoms with Crippen LogP contribution in [0.1, 0.15) is 92.0 Å². The van der Waals surface area contributed by atoms with Crippen molar-refractivity contribution < 1.29 is 4.42 Å². The Morgan fingerprint density at radius 2 is 1.93 bits per heavy atom. The van der Waals surface area contributed by atoms with E-state index in [0.717, 1.165) is 65.7 Å². The van der Waals surface area contributed by atoms with Gasteiger partial charge >= 0.3 is 0 Å². The van der Waals surface area contributed by atoms with Gasteiger partial charge in [0, 0.05) is 46.5 Å². The summed E-state index contributed by atoms with van der Waals surface area (Å²) >= 11 is 0. The molecule has 0 aliphatic heterocycles. The van der Waals surface area contributed by atoms with E-state index in [1.165, 1.54) is 31.2 Å². The first kappa shape index (κ1) is 26.2. The first-order valence-corrected chi connectivity index (χ1v) is 15.4. The number of hydrogen-bond acceptors (Lipinski definition) is 6. The summed E-state index contributed by atoms with van der Waals surface area (Å²) in [4.78, 5) is 27.2. The molecular formula is C35H34N6O2. The van der Waals surface area contributed by atoms with E-state index in [4.69, 9.17) is 9.40 Å². The molecule has 8 heteroatoms. The Labute approximate surface area is 249 Å². The smallest absolute Gasteiger partial charge is 0.280 e. The van der Waals surface area contributed by atoms with Gasteiger partial charge in [-0.1, -0.05) is 6.07 Å². The molecule has 3 aliphatic carbocycles. The van der Waals surface area contributed by atoms with Gasteiger partial charge in [0.15, 0.2) is 6.39 Å². The van der Waals surface area contributed by atoms with Crippen LogP contribution in [0.25, 0.3) is 39.1 Å². The zero-order valence-corrected chi connectivity index (χ0v) is 24.5. The van der Waals surface area contributed by atoms with Crippen molar-refractivity contribution in [1.29, 1.82) is 5.26 Å². The van der Waals surface area contributed by atoms with Gasteiger partial charge < -0.3 is 14.7 Å². The fraction of sp³-hybridized carbons (Fsp3) is 0.371. The van der Waals surface area contributed by atoms with Crippen molar-refractivity contribution in [3.05, 3.63) is 87.6 Å². The number of hydrogen-bond donors (Lipinski definition) is 2. The van der Waals surface area contributed by atoms with Gasteiger partial charge in [0.05, 0.1) is 11.6 Å². The number of nitriles is 1. The van der Waals surface area contributed by atoms with Gasteiger partial charge in [-0.05, 0) is 112 Å². The molecule has 0 unspecified atom stereocenters. The maximum absolute atomic E-state index is 14.1. The van der Waals surface area contributed by atoms with Crippen molar-refractivity contribution in [2.45, 2.75) is 82.7 Å². The second-order valence-corrected chi connectivity index (χ2v) is 12.9. The van der Waals surface area contributed by atoms with Gasteiger partial charge in [-0.25, -0.2) is 9.97 Å². The maximum atomic E-state index is 14.1. The number of pyridine rings is 2. The molecular weight excluding hydrogens is 536 g/mol. The number of nitrogens with one attached hydrogen (secondary N) is 2. The van der Waals surface area contributed by atoms with Crippen molar-refractivity contribution in [2.75, 3.05) is 0 Å². The van der Waals surface area contributed by atoms with Crippen molar-refractivity contribution in [1.82, 2.24) is 24.8 Å². The Bertz CT molecular complexity index is 2000. The molecule has 0 radical (unpaired) electrons. The van der Waals surface area contributed by atoms with Gasteiger partial charge in [0.25, 0.3) is 5.56 Å². The third-order valence-electron chi connectivity index (χ3n) is 9.60. The highest BCUT2D eigenvalue weighted by molar-refractivity contribution is 5.86. The lowest BCUT2D eigenvalue weighted by atomic mass is 9.78. The fourth-order valence-corrected chi connectivity index (χ4v) is 6.50. The molecule has 3 saturated carbocycles. The molecule has 2 N–H and O–H groups in total. The first-order chi connectivity index (χ1) is 20.9. The van der Waals surface area contributed by atoms with Gasteiger partial charge in [0.2, 0.25) is 0 Å². The number of nitrogens with zero attached hydrogens (tertiary/aromatic N) is 4. The van der Waals surface area contributed by atoms with Crippen molar-refractivity contribution >= 4 is 10.9 Å². The van der Waals surface area contributed by atoms with Gasteiger partial charge in [-0.3, -0.25) is 9.36 Å². The molecule has 1 aromatic carbocycles. The van der Waals surface area contributed by atoms with E-state index in [9.17, 15) is 10.1 Å². The highest BCUT2D eigenvalue weighted by Gasteiger charge is 2.32. The van der Waals surface area contributed by atoms with Crippen LogP contribution < -0.4 is 10.9 Å². The van der Waals surface area contributed by atoms with Crippen LogP contribution in [-0.2, 0) is 6.54 Å². The Balaban J connectivity index is 1.27. The van der Waals surface area contributed by atoms with E-state index in [-0.39, 0.29) is 11.1 Å². The number of aromatic nitrogens is 4. The number of oxazole rings is 1. The molecule has 0 atom stereocenters. The second-order valence-electron chi connectivity index (χ2n) is 12.9. The SMILES string of the molecule is Cc1ocnc1-c1cc(C#N)ccc1-c1cc(C2CC2)nc(-n2cc(C3CC3)c3cc(CNC4(C)CCC4)[nH]c3c2=O)c1. The summed E-state index contributed by atoms with van der Waals surface area (Å²) in [5.41, 5.74) is 7.96. The summed E-state index contributed by atoms with van der Waals surface area (Å²) in [6.07, 6.45) is 11.6. The molecule has 3 aliphatic rings. The van der Waals surface area contributed by atoms with E-state index < -0.39 is 0 Å². The Morgan fingerprint density at radius 3 is 2.60 bits per heavy atom. The quantitative estimate of drug-likeness (QED) is 0.208. The highest BCUT2D eigenvalue weighted by atomic mass is 16.3. The minimum atomic E-state index is -0.0840. The minimum absolute atomic E-state index is 0.0840. The van der Waals surface area contributed by atoms with Gasteiger partial charge in [-0.15, -0.1) is 0 Å². The number of fused-ring (bicyclic) bond motifs is 1. The summed E-state index contributed by atoms with van der Waals surface area (Å²) in [6, 6.07) is 14.2. The minimum Gasteiger partial charge on any atom is -0.448 e. The van der Waals surface area contributed by atoms with Gasteiger partial charge in [-0.2, -0.15) is 5.26 Å². The average Bonchev–Trinajstić information content (AvgIpc) is 3.94. The maximum Gasteiger partial charge on any atom is 0.280 e. The summed E-state index contributed by atoms with van der Waals surface area (Å²) in [5.74, 6) is 2.15. The van der Waals surface area contributed by atoms with Crippen LogP contribution in [0.5, 0.6) is 0 Å². The third kappa shape index (κ3) is 4.68. The second kappa shape index (κ2) is 9.78. The standard InChI is InChI=1S/C35H34N6O2/c1-20-32(37-19-43-20)27-12-21(16-36)4-9-26(27)24-13-30(23-7-8-23)40-31(14-24)41-18-29(22-5-6-22)28-15-25(39-33(28)34(41)42)17-38-35(2)10-3-11-35/h4,9,12-15,18-19,22-23,38-39H,3,5-8,10-11,17H2,1-2H3. The Morgan fingerprint density at radius 1 is 1.12 bits per heavy atom. The molecule has 43 heavy (non-hydrogen) atoms. The third-order valence-corrected chi connectivity index (χ3v) is 9.60. The summed E-state index contributed by atoms with van der Waals surface area (Å²) in [6.45, 7) is 4.87. The molecule has 216 valence electrons. The van der Waals surface area contributed by atoms with Crippen LogP contribution in [0.4, 0.5) is 0 Å². The largest absolute Gasteiger partial charge is 0.448 e. The van der Waals surface area contributed by atoms with Crippen molar-refractivity contribution in [3.8, 4) is 34.3 Å². The number of aromatic amines is 1. The van der Waals surface area contributed by atoms with E-state index >= 15 is 0 Å². The van der Waals surface area contributed by atoms with Crippen molar-refractivity contribution in [2.24, 2.45) is 0 Å².